The van der Waals surface area contributed by atoms with Gasteiger partial charge in [0.05, 0.1) is 35.0 Å². The standard InChI is InChI=1S/C29H27ClN4O4/c30-21-14-26(34-18-24(29(36)37)23-7-3-4-8-25(23)34)27(31-15-21)28(35)33-16-20-6-2-1-5-19(20)13-22(33)17-32-9-11-38-12-10-32/h1-8,14-15,18,22H,9-13,16-17H2,(H,36,37)/t22-/m0/s1. The quantitative estimate of drug-likeness (QED) is 0.414. The van der Waals surface area contributed by atoms with Gasteiger partial charge in [0.25, 0.3) is 5.91 Å². The number of halogens is 1. The third-order valence-electron chi connectivity index (χ3n) is 7.43. The largest absolute Gasteiger partial charge is 0.478 e. The first-order valence-electron chi connectivity index (χ1n) is 12.7. The van der Waals surface area contributed by atoms with Gasteiger partial charge in [-0.3, -0.25) is 9.69 Å². The highest BCUT2D eigenvalue weighted by atomic mass is 35.5. The molecule has 0 unspecified atom stereocenters. The summed E-state index contributed by atoms with van der Waals surface area (Å²) in [6.45, 7) is 4.25. The molecule has 0 saturated carbocycles. The Bertz CT molecular complexity index is 1530. The van der Waals surface area contributed by atoms with Crippen LogP contribution in [0.5, 0.6) is 0 Å². The predicted molar refractivity (Wildman–Crippen MR) is 144 cm³/mol. The molecule has 0 aliphatic carbocycles. The number of hydrogen-bond acceptors (Lipinski definition) is 5. The summed E-state index contributed by atoms with van der Waals surface area (Å²) >= 11 is 6.37. The fraction of sp³-hybridized carbons (Fsp3) is 0.276. The predicted octanol–water partition coefficient (Wildman–Crippen LogP) is 4.28. The van der Waals surface area contributed by atoms with Crippen molar-refractivity contribution >= 4 is 34.4 Å². The topological polar surface area (TPSA) is 87.9 Å². The number of aromatic carboxylic acids is 1. The number of amides is 1. The van der Waals surface area contributed by atoms with Gasteiger partial charge >= 0.3 is 5.97 Å². The Kier molecular flexibility index (Phi) is 6.61. The molecule has 0 spiro atoms. The van der Waals surface area contributed by atoms with Crippen molar-refractivity contribution in [1.82, 2.24) is 19.4 Å². The molecular weight excluding hydrogens is 504 g/mol. The van der Waals surface area contributed by atoms with Gasteiger partial charge in [0.2, 0.25) is 0 Å². The summed E-state index contributed by atoms with van der Waals surface area (Å²) in [6, 6.07) is 17.1. The van der Waals surface area contributed by atoms with Crippen LogP contribution >= 0.6 is 11.6 Å². The zero-order valence-electron chi connectivity index (χ0n) is 20.7. The van der Waals surface area contributed by atoms with Crippen molar-refractivity contribution in [2.75, 3.05) is 32.8 Å². The third-order valence-corrected chi connectivity index (χ3v) is 7.63. The van der Waals surface area contributed by atoms with Gasteiger partial charge in [-0.05, 0) is 29.7 Å². The molecule has 2 aliphatic heterocycles. The molecule has 1 saturated heterocycles. The van der Waals surface area contributed by atoms with Crippen LogP contribution < -0.4 is 0 Å². The van der Waals surface area contributed by atoms with Crippen molar-refractivity contribution < 1.29 is 19.4 Å². The van der Waals surface area contributed by atoms with E-state index in [0.717, 1.165) is 31.6 Å². The number of ether oxygens (including phenoxy) is 1. The lowest BCUT2D eigenvalue weighted by Gasteiger charge is -2.40. The van der Waals surface area contributed by atoms with Crippen LogP contribution in [0.2, 0.25) is 5.02 Å². The molecule has 2 aromatic heterocycles. The minimum absolute atomic E-state index is 0.0446. The van der Waals surface area contributed by atoms with E-state index in [4.69, 9.17) is 16.3 Å². The molecule has 38 heavy (non-hydrogen) atoms. The molecule has 8 nitrogen and oxygen atoms in total. The summed E-state index contributed by atoms with van der Waals surface area (Å²) in [4.78, 5) is 35.0. The van der Waals surface area contributed by atoms with E-state index in [1.807, 2.05) is 29.2 Å². The molecule has 0 radical (unpaired) electrons. The average molecular weight is 531 g/mol. The SMILES string of the molecule is O=C(O)c1cn(-c2cc(Cl)cnc2C(=O)N2Cc3ccccc3C[C@H]2CN2CCOCC2)c2ccccc12. The van der Waals surface area contributed by atoms with Crippen LogP contribution in [0.1, 0.15) is 32.0 Å². The molecule has 2 aliphatic rings. The molecule has 1 fully saturated rings. The van der Waals surface area contributed by atoms with E-state index < -0.39 is 5.97 Å². The van der Waals surface area contributed by atoms with Crippen LogP contribution in [0.15, 0.2) is 67.0 Å². The Morgan fingerprint density at radius 2 is 1.79 bits per heavy atom. The lowest BCUT2D eigenvalue weighted by Crippen LogP contribution is -2.52. The molecule has 2 aromatic carbocycles. The number of hydrogen-bond donors (Lipinski definition) is 1. The van der Waals surface area contributed by atoms with E-state index in [9.17, 15) is 14.7 Å². The molecule has 4 aromatic rings. The van der Waals surface area contributed by atoms with Crippen LogP contribution in [0.4, 0.5) is 0 Å². The smallest absolute Gasteiger partial charge is 0.337 e. The molecular formula is C29H27ClN4O4. The maximum Gasteiger partial charge on any atom is 0.337 e. The monoisotopic (exact) mass is 530 g/mol. The third kappa shape index (κ3) is 4.55. The minimum atomic E-state index is -1.04. The minimum Gasteiger partial charge on any atom is -0.478 e. The Morgan fingerprint density at radius 1 is 1.05 bits per heavy atom. The first-order chi connectivity index (χ1) is 18.5. The van der Waals surface area contributed by atoms with E-state index in [1.54, 1.807) is 22.8 Å². The Balaban J connectivity index is 1.43. The number of carbonyl (C=O) groups excluding carboxylic acids is 1. The fourth-order valence-electron chi connectivity index (χ4n) is 5.53. The van der Waals surface area contributed by atoms with Crippen molar-refractivity contribution in [2.45, 2.75) is 19.0 Å². The summed E-state index contributed by atoms with van der Waals surface area (Å²) in [5.41, 5.74) is 3.87. The zero-order valence-corrected chi connectivity index (χ0v) is 21.5. The van der Waals surface area contributed by atoms with E-state index >= 15 is 0 Å². The first-order valence-corrected chi connectivity index (χ1v) is 13.0. The number of carbonyl (C=O) groups is 2. The van der Waals surface area contributed by atoms with E-state index in [0.29, 0.717) is 41.4 Å². The molecule has 0 bridgehead atoms. The number of carboxylic acids is 1. The molecule has 1 amide bonds. The highest BCUT2D eigenvalue weighted by Gasteiger charge is 2.34. The van der Waals surface area contributed by atoms with Crippen molar-refractivity contribution in [3.63, 3.8) is 0 Å². The number of morpholine rings is 1. The highest BCUT2D eigenvalue weighted by Crippen LogP contribution is 2.31. The number of carboxylic acid groups (broad SMARTS) is 1. The number of nitrogens with zero attached hydrogens (tertiary/aromatic N) is 4. The van der Waals surface area contributed by atoms with Gasteiger partial charge in [0.15, 0.2) is 5.69 Å². The Morgan fingerprint density at radius 3 is 2.58 bits per heavy atom. The van der Waals surface area contributed by atoms with Crippen molar-refractivity contribution in [1.29, 1.82) is 0 Å². The number of para-hydroxylation sites is 1. The van der Waals surface area contributed by atoms with E-state index in [-0.39, 0.29) is 23.2 Å². The van der Waals surface area contributed by atoms with Crippen LogP contribution in [0.25, 0.3) is 16.6 Å². The summed E-state index contributed by atoms with van der Waals surface area (Å²) in [5.74, 6) is -1.25. The molecule has 6 rings (SSSR count). The fourth-order valence-corrected chi connectivity index (χ4v) is 5.68. The number of aromatic nitrogens is 2. The lowest BCUT2D eigenvalue weighted by molar-refractivity contribution is 0.0191. The second-order valence-electron chi connectivity index (χ2n) is 9.73. The maximum atomic E-state index is 14.3. The van der Waals surface area contributed by atoms with Crippen LogP contribution in [0, 0.1) is 0 Å². The van der Waals surface area contributed by atoms with Crippen LogP contribution in [0.3, 0.4) is 0 Å². The first kappa shape index (κ1) is 24.6. The van der Waals surface area contributed by atoms with Gasteiger partial charge < -0.3 is 19.3 Å². The van der Waals surface area contributed by atoms with Gasteiger partial charge in [-0.25, -0.2) is 9.78 Å². The Hall–Kier alpha value is -3.72. The second kappa shape index (κ2) is 10.2. The normalized spacial score (nSPS) is 17.9. The number of benzene rings is 2. The summed E-state index contributed by atoms with van der Waals surface area (Å²) < 4.78 is 7.24. The summed E-state index contributed by atoms with van der Waals surface area (Å²) in [6.07, 6.45) is 3.75. The van der Waals surface area contributed by atoms with Crippen molar-refractivity contribution in [3.8, 4) is 5.69 Å². The van der Waals surface area contributed by atoms with Gasteiger partial charge in [-0.15, -0.1) is 0 Å². The maximum absolute atomic E-state index is 14.3. The molecule has 1 atom stereocenters. The number of pyridine rings is 1. The summed E-state index contributed by atoms with van der Waals surface area (Å²) in [5, 5.41) is 10.8. The Labute approximate surface area is 225 Å². The van der Waals surface area contributed by atoms with Gasteiger partial charge in [0.1, 0.15) is 0 Å². The summed E-state index contributed by atoms with van der Waals surface area (Å²) in [7, 11) is 0. The number of fused-ring (bicyclic) bond motifs is 2. The van der Waals surface area contributed by atoms with E-state index in [1.165, 1.54) is 18.0 Å². The van der Waals surface area contributed by atoms with E-state index in [2.05, 4.69) is 22.0 Å². The van der Waals surface area contributed by atoms with Crippen LogP contribution in [-0.2, 0) is 17.7 Å². The average Bonchev–Trinajstić information content (AvgIpc) is 3.33. The van der Waals surface area contributed by atoms with Gasteiger partial charge in [-0.1, -0.05) is 54.1 Å². The van der Waals surface area contributed by atoms with Crippen LogP contribution in [-0.4, -0.2) is 75.2 Å². The van der Waals surface area contributed by atoms with Crippen molar-refractivity contribution in [3.05, 3.63) is 94.4 Å². The van der Waals surface area contributed by atoms with Gasteiger partial charge in [-0.2, -0.15) is 0 Å². The second-order valence-corrected chi connectivity index (χ2v) is 10.2. The van der Waals surface area contributed by atoms with Crippen molar-refractivity contribution in [2.24, 2.45) is 0 Å². The molecule has 1 N–H and O–H groups in total. The lowest BCUT2D eigenvalue weighted by atomic mass is 9.93. The van der Waals surface area contributed by atoms with Gasteiger partial charge in [0, 0.05) is 50.0 Å². The molecule has 9 heteroatoms. The zero-order chi connectivity index (χ0) is 26.2. The molecule has 4 heterocycles. The molecule has 194 valence electrons. The number of rotatable bonds is 5. The highest BCUT2D eigenvalue weighted by molar-refractivity contribution is 6.30.